The maximum Gasteiger partial charge on any atom is 0.309 e. The minimum absolute atomic E-state index is 0.0381. The molecule has 21 heavy (non-hydrogen) atoms. The van der Waals surface area contributed by atoms with Crippen molar-refractivity contribution in [3.63, 3.8) is 0 Å². The van der Waals surface area contributed by atoms with Gasteiger partial charge in [-0.3, -0.25) is 4.79 Å². The molecule has 0 radical (unpaired) electrons. The number of rotatable bonds is 0. The molecule has 0 aromatic heterocycles. The molecule has 0 aromatic rings. The predicted molar refractivity (Wildman–Crippen MR) is 76.1 cm³/mol. The minimum atomic E-state index is -1.25. The summed E-state index contributed by atoms with van der Waals surface area (Å²) in [6, 6.07) is 0. The van der Waals surface area contributed by atoms with Crippen LogP contribution in [0.3, 0.4) is 0 Å². The lowest BCUT2D eigenvalue weighted by atomic mass is 9.48. The van der Waals surface area contributed by atoms with Gasteiger partial charge < -0.3 is 14.9 Å². The van der Waals surface area contributed by atoms with E-state index in [1.807, 2.05) is 6.92 Å². The fourth-order valence-corrected chi connectivity index (χ4v) is 6.35. The zero-order valence-corrected chi connectivity index (χ0v) is 13.0. The lowest BCUT2D eigenvalue weighted by Gasteiger charge is -2.57. The number of carbonyl (C=O) groups is 1. The van der Waals surface area contributed by atoms with Crippen LogP contribution >= 0.6 is 0 Å². The van der Waals surface area contributed by atoms with E-state index in [4.69, 9.17) is 4.74 Å². The highest BCUT2D eigenvalue weighted by molar-refractivity contribution is 5.73. The third kappa shape index (κ3) is 1.56. The van der Waals surface area contributed by atoms with E-state index in [1.54, 1.807) is 0 Å². The van der Waals surface area contributed by atoms with E-state index in [0.29, 0.717) is 30.6 Å². The van der Waals surface area contributed by atoms with Crippen LogP contribution in [-0.2, 0) is 9.53 Å². The van der Waals surface area contributed by atoms with Crippen LogP contribution in [0.25, 0.3) is 0 Å². The number of esters is 1. The Bertz CT molecular complexity index is 491. The van der Waals surface area contributed by atoms with Crippen LogP contribution in [0, 0.1) is 28.6 Å². The van der Waals surface area contributed by atoms with E-state index in [0.717, 1.165) is 32.1 Å². The fraction of sp³-hybridized carbons (Fsp3) is 0.941. The summed E-state index contributed by atoms with van der Waals surface area (Å²) >= 11 is 0. The Hall–Kier alpha value is -0.610. The van der Waals surface area contributed by atoms with Crippen LogP contribution in [0.2, 0.25) is 0 Å². The van der Waals surface area contributed by atoms with Crippen LogP contribution in [0.15, 0.2) is 0 Å². The lowest BCUT2D eigenvalue weighted by molar-refractivity contribution is -0.270. The quantitative estimate of drug-likeness (QED) is 0.672. The highest BCUT2D eigenvalue weighted by Gasteiger charge is 2.68. The third-order valence-corrected chi connectivity index (χ3v) is 7.71. The average Bonchev–Trinajstić information content (AvgIpc) is 2.83. The molecule has 7 atom stereocenters. The summed E-state index contributed by atoms with van der Waals surface area (Å²) in [7, 11) is 0. The van der Waals surface area contributed by atoms with Crippen molar-refractivity contribution in [2.45, 2.75) is 70.7 Å². The van der Waals surface area contributed by atoms with Crippen molar-refractivity contribution in [2.24, 2.45) is 28.6 Å². The largest absolute Gasteiger partial charge is 0.433 e. The van der Waals surface area contributed by atoms with Crippen molar-refractivity contribution in [3.05, 3.63) is 0 Å². The maximum atomic E-state index is 11.8. The first-order valence-corrected chi connectivity index (χ1v) is 8.42. The minimum Gasteiger partial charge on any atom is -0.433 e. The molecule has 3 aliphatic carbocycles. The van der Waals surface area contributed by atoms with Gasteiger partial charge in [-0.2, -0.15) is 0 Å². The molecule has 4 fully saturated rings. The molecule has 2 N–H and O–H groups in total. The first-order chi connectivity index (χ1) is 9.80. The summed E-state index contributed by atoms with van der Waals surface area (Å²) in [6.07, 6.45) is 5.61. The number of hydrogen-bond acceptors (Lipinski definition) is 4. The van der Waals surface area contributed by atoms with Gasteiger partial charge in [-0.05, 0) is 55.3 Å². The standard InChI is InChI=1S/C17H26O4/c1-15-7-6-12-10(11(15)3-4-13(15)18)5-8-17(20)16(12,2)9-14(19)21-17/h10-13,18,20H,3-9H2,1-2H3. The van der Waals surface area contributed by atoms with Gasteiger partial charge in [0.15, 0.2) is 0 Å². The SMILES string of the molecule is CC12CCC3C(CCC4(O)OC(=O)CC34C)C1CCC2O. The molecule has 1 heterocycles. The number of aliphatic hydroxyl groups excluding tert-OH is 1. The predicted octanol–water partition coefficient (Wildman–Crippen LogP) is 2.23. The van der Waals surface area contributed by atoms with Crippen molar-refractivity contribution in [1.29, 1.82) is 0 Å². The molecule has 0 amide bonds. The Morgan fingerprint density at radius 3 is 2.62 bits per heavy atom. The summed E-state index contributed by atoms with van der Waals surface area (Å²) in [5, 5.41) is 21.2. The van der Waals surface area contributed by atoms with E-state index in [9.17, 15) is 15.0 Å². The van der Waals surface area contributed by atoms with E-state index in [-0.39, 0.29) is 17.5 Å². The highest BCUT2D eigenvalue weighted by Crippen LogP contribution is 2.66. The van der Waals surface area contributed by atoms with Gasteiger partial charge in [0.05, 0.1) is 12.5 Å². The second-order valence-corrected chi connectivity index (χ2v) is 8.41. The average molecular weight is 294 g/mol. The molecular weight excluding hydrogens is 268 g/mol. The summed E-state index contributed by atoms with van der Waals surface area (Å²) in [4.78, 5) is 11.8. The summed E-state index contributed by atoms with van der Waals surface area (Å²) in [5.41, 5.74) is -0.404. The van der Waals surface area contributed by atoms with Crippen LogP contribution in [0.4, 0.5) is 0 Å². The molecule has 7 unspecified atom stereocenters. The number of fused-ring (bicyclic) bond motifs is 5. The third-order valence-electron chi connectivity index (χ3n) is 7.71. The molecule has 4 rings (SSSR count). The van der Waals surface area contributed by atoms with Gasteiger partial charge in [-0.15, -0.1) is 0 Å². The Balaban J connectivity index is 1.70. The molecule has 1 saturated heterocycles. The monoisotopic (exact) mass is 294 g/mol. The van der Waals surface area contributed by atoms with E-state index in [2.05, 4.69) is 6.92 Å². The van der Waals surface area contributed by atoms with Crippen molar-refractivity contribution < 1.29 is 19.7 Å². The van der Waals surface area contributed by atoms with Gasteiger partial charge in [0.25, 0.3) is 0 Å². The van der Waals surface area contributed by atoms with Gasteiger partial charge in [-0.1, -0.05) is 13.8 Å². The molecule has 3 saturated carbocycles. The first-order valence-electron chi connectivity index (χ1n) is 8.42. The first kappa shape index (κ1) is 14.0. The zero-order chi connectivity index (χ0) is 15.0. The van der Waals surface area contributed by atoms with Crippen LogP contribution in [0.1, 0.15) is 58.8 Å². The van der Waals surface area contributed by atoms with Crippen LogP contribution in [0.5, 0.6) is 0 Å². The topological polar surface area (TPSA) is 66.8 Å². The molecule has 0 spiro atoms. The summed E-state index contributed by atoms with van der Waals surface area (Å²) < 4.78 is 5.33. The second kappa shape index (κ2) is 4.02. The maximum absolute atomic E-state index is 11.8. The molecule has 0 aromatic carbocycles. The molecule has 4 aliphatic rings. The molecular formula is C17H26O4. The number of hydrogen-bond donors (Lipinski definition) is 2. The Labute approximate surface area is 125 Å². The molecule has 1 aliphatic heterocycles. The normalized spacial score (nSPS) is 59.1. The Morgan fingerprint density at radius 1 is 1.10 bits per heavy atom. The van der Waals surface area contributed by atoms with Gasteiger partial charge in [0.1, 0.15) is 0 Å². The van der Waals surface area contributed by atoms with Crippen molar-refractivity contribution >= 4 is 5.97 Å². The fourth-order valence-electron chi connectivity index (χ4n) is 6.35. The smallest absolute Gasteiger partial charge is 0.309 e. The lowest BCUT2D eigenvalue weighted by Crippen LogP contribution is -2.58. The second-order valence-electron chi connectivity index (χ2n) is 8.41. The van der Waals surface area contributed by atoms with Gasteiger partial charge in [0, 0.05) is 11.8 Å². The number of aliphatic hydroxyl groups is 2. The number of ether oxygens (including phenoxy) is 1. The van der Waals surface area contributed by atoms with Crippen molar-refractivity contribution in [1.82, 2.24) is 0 Å². The Morgan fingerprint density at radius 2 is 1.86 bits per heavy atom. The van der Waals surface area contributed by atoms with E-state index < -0.39 is 11.2 Å². The molecule has 118 valence electrons. The highest BCUT2D eigenvalue weighted by atomic mass is 16.7. The van der Waals surface area contributed by atoms with Gasteiger partial charge in [0.2, 0.25) is 5.79 Å². The molecule has 0 bridgehead atoms. The van der Waals surface area contributed by atoms with E-state index >= 15 is 0 Å². The summed E-state index contributed by atoms with van der Waals surface area (Å²) in [6.45, 7) is 4.29. The zero-order valence-electron chi connectivity index (χ0n) is 13.0. The van der Waals surface area contributed by atoms with Crippen molar-refractivity contribution in [2.75, 3.05) is 0 Å². The van der Waals surface area contributed by atoms with Gasteiger partial charge in [-0.25, -0.2) is 0 Å². The van der Waals surface area contributed by atoms with Crippen LogP contribution in [-0.4, -0.2) is 28.1 Å². The van der Waals surface area contributed by atoms with Crippen molar-refractivity contribution in [3.8, 4) is 0 Å². The molecule has 4 heteroatoms. The van der Waals surface area contributed by atoms with E-state index in [1.165, 1.54) is 0 Å². The number of carbonyl (C=O) groups excluding carboxylic acids is 1. The molecule has 4 nitrogen and oxygen atoms in total. The van der Waals surface area contributed by atoms with Crippen LogP contribution < -0.4 is 0 Å². The summed E-state index contributed by atoms with van der Waals surface area (Å²) in [5.74, 6) is -0.119. The van der Waals surface area contributed by atoms with Gasteiger partial charge >= 0.3 is 5.97 Å². The Kier molecular flexibility index (Phi) is 2.68.